The molecule has 8 heteroatoms. The van der Waals surface area contributed by atoms with Gasteiger partial charge in [0.15, 0.2) is 0 Å². The van der Waals surface area contributed by atoms with Gasteiger partial charge in [0, 0.05) is 5.69 Å². The van der Waals surface area contributed by atoms with Crippen molar-refractivity contribution < 1.29 is 9.18 Å². The first-order chi connectivity index (χ1) is 14.8. The Hall–Kier alpha value is -3.52. The summed E-state index contributed by atoms with van der Waals surface area (Å²) in [5.74, 6) is -0.768. The zero-order valence-electron chi connectivity index (χ0n) is 17.0. The van der Waals surface area contributed by atoms with Gasteiger partial charge >= 0.3 is 5.69 Å². The zero-order chi connectivity index (χ0) is 22.1. The van der Waals surface area contributed by atoms with E-state index in [-0.39, 0.29) is 19.0 Å². The van der Waals surface area contributed by atoms with Gasteiger partial charge in [-0.15, -0.1) is 11.3 Å². The fourth-order valence-electron chi connectivity index (χ4n) is 3.36. The van der Waals surface area contributed by atoms with Gasteiger partial charge in [-0.3, -0.25) is 18.7 Å². The Morgan fingerprint density at radius 2 is 1.74 bits per heavy atom. The van der Waals surface area contributed by atoms with Gasteiger partial charge in [-0.25, -0.2) is 9.18 Å². The smallest absolute Gasteiger partial charge is 0.325 e. The Morgan fingerprint density at radius 1 is 1.00 bits per heavy atom. The Morgan fingerprint density at radius 3 is 2.45 bits per heavy atom. The Kier molecular flexibility index (Phi) is 5.56. The van der Waals surface area contributed by atoms with Crippen LogP contribution in [0.25, 0.3) is 10.2 Å². The summed E-state index contributed by atoms with van der Waals surface area (Å²) in [5.41, 5.74) is 2.82. The fraction of sp³-hybridized carbons (Fsp3) is 0.174. The summed E-state index contributed by atoms with van der Waals surface area (Å²) in [6.45, 7) is 3.70. The predicted molar refractivity (Wildman–Crippen MR) is 120 cm³/mol. The van der Waals surface area contributed by atoms with Crippen molar-refractivity contribution in [1.82, 2.24) is 9.13 Å². The highest BCUT2D eigenvalue weighted by atomic mass is 32.1. The standard InChI is InChI=1S/C23H20FN3O3S/c1-14-3-8-18(11-15(14)2)25-20(28)13-26-19-9-10-31-21(19)22(29)27(23(26)30)12-16-4-6-17(24)7-5-16/h3-11H,12-13H2,1-2H3,(H,25,28). The highest BCUT2D eigenvalue weighted by Crippen LogP contribution is 2.17. The first-order valence-corrected chi connectivity index (χ1v) is 10.5. The number of hydrogen-bond donors (Lipinski definition) is 1. The Labute approximate surface area is 181 Å². The highest BCUT2D eigenvalue weighted by Gasteiger charge is 2.17. The van der Waals surface area contributed by atoms with Gasteiger partial charge in [-0.1, -0.05) is 18.2 Å². The van der Waals surface area contributed by atoms with Crippen LogP contribution >= 0.6 is 11.3 Å². The number of fused-ring (bicyclic) bond motifs is 1. The van der Waals surface area contributed by atoms with E-state index in [4.69, 9.17) is 0 Å². The molecule has 0 spiro atoms. The molecule has 4 aromatic rings. The minimum atomic E-state index is -0.588. The maximum atomic E-state index is 13.2. The minimum absolute atomic E-state index is 0.00936. The molecule has 0 fully saturated rings. The van der Waals surface area contributed by atoms with Crippen molar-refractivity contribution in [3.63, 3.8) is 0 Å². The SMILES string of the molecule is Cc1ccc(NC(=O)Cn2c(=O)n(Cc3ccc(F)cc3)c(=O)c3sccc32)cc1C. The number of aromatic nitrogens is 2. The minimum Gasteiger partial charge on any atom is -0.325 e. The molecule has 158 valence electrons. The van der Waals surface area contributed by atoms with E-state index in [1.807, 2.05) is 26.0 Å². The van der Waals surface area contributed by atoms with E-state index in [0.29, 0.717) is 21.5 Å². The van der Waals surface area contributed by atoms with E-state index in [0.717, 1.165) is 15.7 Å². The number of nitrogens with one attached hydrogen (secondary N) is 1. The van der Waals surface area contributed by atoms with Crippen molar-refractivity contribution in [2.24, 2.45) is 0 Å². The molecule has 0 saturated heterocycles. The summed E-state index contributed by atoms with van der Waals surface area (Å²) < 4.78 is 16.0. The highest BCUT2D eigenvalue weighted by molar-refractivity contribution is 7.17. The number of amides is 1. The van der Waals surface area contributed by atoms with E-state index in [1.54, 1.807) is 17.5 Å². The van der Waals surface area contributed by atoms with E-state index < -0.39 is 17.1 Å². The van der Waals surface area contributed by atoms with Crippen molar-refractivity contribution in [3.8, 4) is 0 Å². The molecule has 6 nitrogen and oxygen atoms in total. The molecule has 0 atom stereocenters. The lowest BCUT2D eigenvalue weighted by Crippen LogP contribution is -2.41. The molecule has 0 radical (unpaired) electrons. The number of halogens is 1. The Bertz CT molecular complexity index is 1400. The van der Waals surface area contributed by atoms with Crippen LogP contribution in [0.3, 0.4) is 0 Å². The van der Waals surface area contributed by atoms with Gasteiger partial charge in [0.25, 0.3) is 5.56 Å². The molecule has 2 heterocycles. The summed E-state index contributed by atoms with van der Waals surface area (Å²) in [5, 5.41) is 4.52. The predicted octanol–water partition coefficient (Wildman–Crippen LogP) is 3.67. The van der Waals surface area contributed by atoms with Gasteiger partial charge in [-0.05, 0) is 66.2 Å². The molecule has 0 saturated carbocycles. The monoisotopic (exact) mass is 437 g/mol. The van der Waals surface area contributed by atoms with Crippen LogP contribution in [-0.4, -0.2) is 15.0 Å². The fourth-order valence-corrected chi connectivity index (χ4v) is 4.20. The van der Waals surface area contributed by atoms with Crippen molar-refractivity contribution in [2.45, 2.75) is 26.9 Å². The Balaban J connectivity index is 1.69. The molecular weight excluding hydrogens is 417 g/mol. The number of rotatable bonds is 5. The molecular formula is C23H20FN3O3S. The zero-order valence-corrected chi connectivity index (χ0v) is 17.8. The molecule has 31 heavy (non-hydrogen) atoms. The molecule has 4 rings (SSSR count). The van der Waals surface area contributed by atoms with E-state index in [9.17, 15) is 18.8 Å². The average molecular weight is 437 g/mol. The number of anilines is 1. The van der Waals surface area contributed by atoms with Gasteiger partial charge in [-0.2, -0.15) is 0 Å². The summed E-state index contributed by atoms with van der Waals surface area (Å²) in [4.78, 5) is 38.7. The number of hydrogen-bond acceptors (Lipinski definition) is 4. The molecule has 2 aromatic carbocycles. The van der Waals surface area contributed by atoms with Crippen LogP contribution in [0.2, 0.25) is 0 Å². The van der Waals surface area contributed by atoms with Gasteiger partial charge in [0.2, 0.25) is 5.91 Å². The maximum Gasteiger partial charge on any atom is 0.332 e. The normalized spacial score (nSPS) is 11.1. The van der Waals surface area contributed by atoms with Crippen LogP contribution in [0.5, 0.6) is 0 Å². The third kappa shape index (κ3) is 4.20. The molecule has 0 aliphatic carbocycles. The van der Waals surface area contributed by atoms with E-state index in [1.165, 1.54) is 40.2 Å². The van der Waals surface area contributed by atoms with Crippen LogP contribution < -0.4 is 16.6 Å². The van der Waals surface area contributed by atoms with Crippen LogP contribution in [0.1, 0.15) is 16.7 Å². The largest absolute Gasteiger partial charge is 0.332 e. The summed E-state index contributed by atoms with van der Waals surface area (Å²) in [7, 11) is 0. The maximum absolute atomic E-state index is 13.2. The molecule has 0 unspecified atom stereocenters. The third-order valence-electron chi connectivity index (χ3n) is 5.18. The van der Waals surface area contributed by atoms with Crippen LogP contribution in [-0.2, 0) is 17.9 Å². The van der Waals surface area contributed by atoms with Crippen molar-refractivity contribution in [2.75, 3.05) is 5.32 Å². The van der Waals surface area contributed by atoms with E-state index >= 15 is 0 Å². The van der Waals surface area contributed by atoms with Gasteiger partial charge in [0.1, 0.15) is 17.1 Å². The molecule has 0 bridgehead atoms. The summed E-state index contributed by atoms with van der Waals surface area (Å²) in [6.07, 6.45) is 0. The van der Waals surface area contributed by atoms with Gasteiger partial charge in [0.05, 0.1) is 12.1 Å². The second-order valence-corrected chi connectivity index (χ2v) is 8.28. The van der Waals surface area contributed by atoms with Crippen LogP contribution in [0, 0.1) is 19.7 Å². The van der Waals surface area contributed by atoms with Crippen molar-refractivity contribution >= 4 is 33.1 Å². The average Bonchev–Trinajstić information content (AvgIpc) is 3.23. The van der Waals surface area contributed by atoms with Crippen LogP contribution in [0.15, 0.2) is 63.5 Å². The van der Waals surface area contributed by atoms with E-state index in [2.05, 4.69) is 5.32 Å². The second-order valence-electron chi connectivity index (χ2n) is 7.37. The number of carbonyl (C=O) groups is 1. The second kappa shape index (κ2) is 8.31. The number of thiophene rings is 1. The summed E-state index contributed by atoms with van der Waals surface area (Å²) >= 11 is 1.21. The molecule has 1 N–H and O–H groups in total. The van der Waals surface area contributed by atoms with Crippen molar-refractivity contribution in [1.29, 1.82) is 0 Å². The topological polar surface area (TPSA) is 73.1 Å². The molecule has 1 amide bonds. The number of nitrogens with zero attached hydrogens (tertiary/aromatic N) is 2. The number of aryl methyl sites for hydroxylation is 2. The molecule has 0 aliphatic rings. The van der Waals surface area contributed by atoms with Gasteiger partial charge < -0.3 is 5.32 Å². The first-order valence-electron chi connectivity index (χ1n) is 9.66. The quantitative estimate of drug-likeness (QED) is 0.518. The molecule has 0 aliphatic heterocycles. The third-order valence-corrected chi connectivity index (χ3v) is 6.07. The molecule has 2 aromatic heterocycles. The number of benzene rings is 2. The number of carbonyl (C=O) groups excluding carboxylic acids is 1. The lowest BCUT2D eigenvalue weighted by molar-refractivity contribution is -0.116. The summed E-state index contributed by atoms with van der Waals surface area (Å²) in [6, 6.07) is 12.8. The van der Waals surface area contributed by atoms with Crippen LogP contribution in [0.4, 0.5) is 10.1 Å². The first kappa shape index (κ1) is 20.7. The lowest BCUT2D eigenvalue weighted by Gasteiger charge is -2.13. The lowest BCUT2D eigenvalue weighted by atomic mass is 10.1. The van der Waals surface area contributed by atoms with Crippen molar-refractivity contribution in [3.05, 3.63) is 97.3 Å².